The summed E-state index contributed by atoms with van der Waals surface area (Å²) in [5.41, 5.74) is 2.63. The monoisotopic (exact) mass is 290 g/mol. The first kappa shape index (κ1) is 14.7. The lowest BCUT2D eigenvalue weighted by molar-refractivity contribution is -0.384. The molecule has 0 amide bonds. The Morgan fingerprint density at radius 1 is 1.25 bits per heavy atom. The summed E-state index contributed by atoms with van der Waals surface area (Å²) in [5, 5.41) is 18.3. The number of nitrogens with zero attached hydrogens (tertiary/aromatic N) is 1. The van der Waals surface area contributed by atoms with Crippen molar-refractivity contribution in [3.8, 4) is 0 Å². The van der Waals surface area contributed by atoms with E-state index in [-0.39, 0.29) is 10.6 Å². The molecule has 1 heterocycles. The molecule has 0 aliphatic carbocycles. The van der Waals surface area contributed by atoms with E-state index in [1.807, 2.05) is 12.1 Å². The van der Waals surface area contributed by atoms with E-state index >= 15 is 0 Å². The van der Waals surface area contributed by atoms with Crippen molar-refractivity contribution in [2.45, 2.75) is 25.8 Å². The molecule has 0 fully saturated rings. The van der Waals surface area contributed by atoms with Crippen LogP contribution in [0.1, 0.15) is 18.1 Å². The number of non-ortho nitro benzene ring substituents is 1. The van der Waals surface area contributed by atoms with Crippen molar-refractivity contribution in [3.63, 3.8) is 0 Å². The van der Waals surface area contributed by atoms with Gasteiger partial charge >= 0.3 is 0 Å². The minimum absolute atomic E-state index is 0.146. The fraction of sp³-hybridized carbons (Fsp3) is 0.333. The summed E-state index contributed by atoms with van der Waals surface area (Å²) >= 11 is 1.72. The zero-order chi connectivity index (χ0) is 14.4. The first-order chi connectivity index (χ1) is 9.65. The number of hydrogen-bond acceptors (Lipinski definition) is 4. The van der Waals surface area contributed by atoms with Crippen LogP contribution in [0.4, 0.5) is 5.69 Å². The minimum atomic E-state index is -0.370. The molecule has 1 N–H and O–H groups in total. The third-order valence-electron chi connectivity index (χ3n) is 3.18. The molecule has 0 radical (unpaired) electrons. The Hall–Kier alpha value is -1.72. The lowest BCUT2D eigenvalue weighted by atomic mass is 10.1. The van der Waals surface area contributed by atoms with Crippen molar-refractivity contribution in [1.82, 2.24) is 5.32 Å². The molecule has 1 aromatic heterocycles. The average molecular weight is 290 g/mol. The van der Waals surface area contributed by atoms with Gasteiger partial charge in [-0.05, 0) is 54.3 Å². The second-order valence-electron chi connectivity index (χ2n) is 4.86. The molecule has 0 aliphatic rings. The standard InChI is InChI=1S/C15H18N2O2S/c1-12(10-14-7-9-20-11-14)16-8-6-13-2-4-15(5-3-13)17(18)19/h2-5,7,9,11-12,16H,6,8,10H2,1H3. The minimum Gasteiger partial charge on any atom is -0.314 e. The predicted molar refractivity (Wildman–Crippen MR) is 82.3 cm³/mol. The molecular weight excluding hydrogens is 272 g/mol. The fourth-order valence-corrected chi connectivity index (χ4v) is 2.76. The van der Waals surface area contributed by atoms with Gasteiger partial charge in [-0.15, -0.1) is 0 Å². The molecule has 20 heavy (non-hydrogen) atoms. The largest absolute Gasteiger partial charge is 0.314 e. The SMILES string of the molecule is CC(Cc1ccsc1)NCCc1ccc([N+](=O)[O-])cc1. The van der Waals surface area contributed by atoms with Crippen molar-refractivity contribution in [2.75, 3.05) is 6.54 Å². The summed E-state index contributed by atoms with van der Waals surface area (Å²) in [6, 6.07) is 9.35. The van der Waals surface area contributed by atoms with Gasteiger partial charge in [-0.3, -0.25) is 10.1 Å². The molecule has 0 spiro atoms. The molecule has 5 heteroatoms. The molecule has 1 unspecified atom stereocenters. The van der Waals surface area contributed by atoms with E-state index < -0.39 is 0 Å². The van der Waals surface area contributed by atoms with Gasteiger partial charge in [0.15, 0.2) is 0 Å². The Morgan fingerprint density at radius 2 is 2.00 bits per heavy atom. The molecular formula is C15H18N2O2S. The Bertz CT molecular complexity index is 538. The van der Waals surface area contributed by atoms with Crippen LogP contribution in [0.3, 0.4) is 0 Å². The molecule has 1 atom stereocenters. The molecule has 4 nitrogen and oxygen atoms in total. The molecule has 0 bridgehead atoms. The van der Waals surface area contributed by atoms with Gasteiger partial charge in [-0.2, -0.15) is 11.3 Å². The van der Waals surface area contributed by atoms with Gasteiger partial charge in [0, 0.05) is 18.2 Å². The highest BCUT2D eigenvalue weighted by atomic mass is 32.1. The first-order valence-corrected chi connectivity index (χ1v) is 7.57. The van der Waals surface area contributed by atoms with E-state index in [1.54, 1.807) is 23.5 Å². The van der Waals surface area contributed by atoms with Crippen LogP contribution in [0.5, 0.6) is 0 Å². The molecule has 1 aromatic carbocycles. The van der Waals surface area contributed by atoms with Crippen LogP contribution in [0.25, 0.3) is 0 Å². The number of nitro groups is 1. The van der Waals surface area contributed by atoms with Crippen LogP contribution in [-0.4, -0.2) is 17.5 Å². The Labute approximate surface area is 122 Å². The predicted octanol–water partition coefficient (Wildman–Crippen LogP) is 3.42. The van der Waals surface area contributed by atoms with E-state index in [0.717, 1.165) is 24.9 Å². The summed E-state index contributed by atoms with van der Waals surface area (Å²) in [4.78, 5) is 10.2. The lowest BCUT2D eigenvalue weighted by Gasteiger charge is -2.12. The Morgan fingerprint density at radius 3 is 2.60 bits per heavy atom. The normalized spacial score (nSPS) is 12.2. The van der Waals surface area contributed by atoms with Crippen LogP contribution < -0.4 is 5.32 Å². The van der Waals surface area contributed by atoms with E-state index in [9.17, 15) is 10.1 Å². The van der Waals surface area contributed by atoms with E-state index in [1.165, 1.54) is 5.56 Å². The van der Waals surface area contributed by atoms with E-state index in [0.29, 0.717) is 6.04 Å². The zero-order valence-corrected chi connectivity index (χ0v) is 12.2. The smallest absolute Gasteiger partial charge is 0.269 e. The second-order valence-corrected chi connectivity index (χ2v) is 5.64. The van der Waals surface area contributed by atoms with Crippen LogP contribution in [0.2, 0.25) is 0 Å². The Balaban J connectivity index is 1.73. The molecule has 0 aliphatic heterocycles. The zero-order valence-electron chi connectivity index (χ0n) is 11.4. The lowest BCUT2D eigenvalue weighted by Crippen LogP contribution is -2.29. The maximum Gasteiger partial charge on any atom is 0.269 e. The molecule has 0 saturated carbocycles. The number of nitro benzene ring substituents is 1. The second kappa shape index (κ2) is 7.17. The van der Waals surface area contributed by atoms with Crippen LogP contribution in [0.15, 0.2) is 41.1 Å². The van der Waals surface area contributed by atoms with Gasteiger partial charge in [0.05, 0.1) is 4.92 Å². The molecule has 2 aromatic rings. The van der Waals surface area contributed by atoms with E-state index in [2.05, 4.69) is 29.1 Å². The van der Waals surface area contributed by atoms with Crippen molar-refractivity contribution >= 4 is 17.0 Å². The summed E-state index contributed by atoms with van der Waals surface area (Å²) in [5.74, 6) is 0. The Kier molecular flexibility index (Phi) is 5.26. The number of benzene rings is 1. The quantitative estimate of drug-likeness (QED) is 0.628. The first-order valence-electron chi connectivity index (χ1n) is 6.63. The van der Waals surface area contributed by atoms with Crippen molar-refractivity contribution in [3.05, 3.63) is 62.3 Å². The average Bonchev–Trinajstić information content (AvgIpc) is 2.92. The van der Waals surface area contributed by atoms with Gasteiger partial charge in [-0.1, -0.05) is 12.1 Å². The third kappa shape index (κ3) is 4.43. The number of rotatable bonds is 7. The number of hydrogen-bond donors (Lipinski definition) is 1. The highest BCUT2D eigenvalue weighted by Crippen LogP contribution is 2.12. The number of nitrogens with one attached hydrogen (secondary N) is 1. The van der Waals surface area contributed by atoms with Gasteiger partial charge in [0.2, 0.25) is 0 Å². The van der Waals surface area contributed by atoms with Crippen LogP contribution >= 0.6 is 11.3 Å². The van der Waals surface area contributed by atoms with Crippen LogP contribution in [-0.2, 0) is 12.8 Å². The molecule has 0 saturated heterocycles. The summed E-state index contributed by atoms with van der Waals surface area (Å²) in [6.45, 7) is 3.05. The molecule has 2 rings (SSSR count). The molecule has 106 valence electrons. The highest BCUT2D eigenvalue weighted by Gasteiger charge is 2.05. The fourth-order valence-electron chi connectivity index (χ4n) is 2.08. The number of thiophene rings is 1. The van der Waals surface area contributed by atoms with Crippen LogP contribution in [0, 0.1) is 10.1 Å². The van der Waals surface area contributed by atoms with Crippen molar-refractivity contribution in [2.24, 2.45) is 0 Å². The van der Waals surface area contributed by atoms with Crippen molar-refractivity contribution < 1.29 is 4.92 Å². The topological polar surface area (TPSA) is 55.2 Å². The van der Waals surface area contributed by atoms with E-state index in [4.69, 9.17) is 0 Å². The van der Waals surface area contributed by atoms with Gasteiger partial charge in [-0.25, -0.2) is 0 Å². The summed E-state index contributed by atoms with van der Waals surface area (Å²) < 4.78 is 0. The summed E-state index contributed by atoms with van der Waals surface area (Å²) in [6.07, 6.45) is 1.91. The third-order valence-corrected chi connectivity index (χ3v) is 3.91. The maximum atomic E-state index is 10.6. The van der Waals surface area contributed by atoms with Gasteiger partial charge < -0.3 is 5.32 Å². The summed E-state index contributed by atoms with van der Waals surface area (Å²) in [7, 11) is 0. The maximum absolute atomic E-state index is 10.6. The van der Waals surface area contributed by atoms with Gasteiger partial charge in [0.25, 0.3) is 5.69 Å². The highest BCUT2D eigenvalue weighted by molar-refractivity contribution is 7.07. The van der Waals surface area contributed by atoms with Gasteiger partial charge in [0.1, 0.15) is 0 Å². The van der Waals surface area contributed by atoms with Crippen molar-refractivity contribution in [1.29, 1.82) is 0 Å².